The largest absolute Gasteiger partial charge is 0.481 e. The molecule has 9 nitrogen and oxygen atoms in total. The molecule has 1 saturated heterocycles. The van der Waals surface area contributed by atoms with Crippen molar-refractivity contribution in [2.45, 2.75) is 57.9 Å². The topological polar surface area (TPSA) is 146 Å². The predicted molar refractivity (Wildman–Crippen MR) is 174 cm³/mol. The molecule has 3 unspecified atom stereocenters. The van der Waals surface area contributed by atoms with Gasteiger partial charge in [-0.15, -0.1) is 0 Å². The van der Waals surface area contributed by atoms with Gasteiger partial charge in [0, 0.05) is 22.3 Å². The molecule has 2 fully saturated rings. The number of amides is 2. The van der Waals surface area contributed by atoms with E-state index in [-0.39, 0.29) is 23.2 Å². The Kier molecular flexibility index (Phi) is 13.6. The van der Waals surface area contributed by atoms with E-state index in [4.69, 9.17) is 34.0 Å². The Morgan fingerprint density at radius 1 is 1.16 bits per heavy atom. The Morgan fingerprint density at radius 3 is 2.51 bits per heavy atom. The number of aromatic nitrogens is 1. The molecule has 5 N–H and O–H groups in total. The van der Waals surface area contributed by atoms with Gasteiger partial charge in [0.15, 0.2) is 0 Å². The van der Waals surface area contributed by atoms with Crippen molar-refractivity contribution in [3.63, 3.8) is 0 Å². The quantitative estimate of drug-likeness (QED) is 0.150. The number of nitrogens with one attached hydrogen (secondary N) is 2. The summed E-state index contributed by atoms with van der Waals surface area (Å²) in [4.78, 5) is 48.8. The number of anilines is 1. The van der Waals surface area contributed by atoms with Gasteiger partial charge in [0.25, 0.3) is 0 Å². The predicted octanol–water partition coefficient (Wildman–Crippen LogP) is 6.31. The summed E-state index contributed by atoms with van der Waals surface area (Å²) in [5.41, 5.74) is 6.87. The lowest BCUT2D eigenvalue weighted by atomic mass is 10.2. The number of unbranched alkanes of at least 4 members (excludes halogenated alkanes) is 3. The number of hydrogen-bond acceptors (Lipinski definition) is 6. The highest BCUT2D eigenvalue weighted by atomic mass is 35.5. The molecule has 3 aromatic rings. The van der Waals surface area contributed by atoms with Crippen LogP contribution in [0.4, 0.5) is 5.69 Å². The number of rotatable bonds is 10. The highest BCUT2D eigenvalue weighted by Crippen LogP contribution is 2.39. The maximum Gasteiger partial charge on any atom is 0.307 e. The van der Waals surface area contributed by atoms with Crippen molar-refractivity contribution >= 4 is 68.2 Å². The molecule has 0 radical (unpaired) electrons. The van der Waals surface area contributed by atoms with E-state index in [2.05, 4.69) is 29.4 Å². The number of thiazole rings is 1. The van der Waals surface area contributed by atoms with Crippen LogP contribution < -0.4 is 15.9 Å². The van der Waals surface area contributed by atoms with Gasteiger partial charge in [0.2, 0.25) is 11.8 Å². The van der Waals surface area contributed by atoms with Gasteiger partial charge in [-0.25, -0.2) is 0 Å². The molecule has 1 aliphatic heterocycles. The fourth-order valence-corrected chi connectivity index (χ4v) is 5.95. The zero-order chi connectivity index (χ0) is 31.4. The van der Waals surface area contributed by atoms with Gasteiger partial charge in [0.1, 0.15) is 6.04 Å². The molecule has 2 heterocycles. The SMILES string of the molecule is CCCCC/C=C\C1CC1C(=O)O.NC(=O)C1CCCN1C(=O)CNc1cc(Cl)cc(Cl)c1.O=c1[nH]c2ccccc2s1. The highest BCUT2D eigenvalue weighted by Gasteiger charge is 2.40. The second-order valence-electron chi connectivity index (χ2n) is 10.4. The molecule has 0 bridgehead atoms. The number of benzene rings is 2. The molecule has 1 aromatic heterocycles. The monoisotopic (exact) mass is 648 g/mol. The average Bonchev–Trinajstić information content (AvgIpc) is 3.38. The summed E-state index contributed by atoms with van der Waals surface area (Å²) < 4.78 is 1.02. The molecular weight excluding hydrogens is 611 g/mol. The molecule has 0 spiro atoms. The number of primary amides is 1. The average molecular weight is 650 g/mol. The zero-order valence-electron chi connectivity index (χ0n) is 24.1. The van der Waals surface area contributed by atoms with Gasteiger partial charge in [0.05, 0.1) is 22.7 Å². The molecule has 5 rings (SSSR count). The molecule has 232 valence electrons. The van der Waals surface area contributed by atoms with Gasteiger partial charge < -0.3 is 26.0 Å². The van der Waals surface area contributed by atoms with E-state index in [1.807, 2.05) is 24.3 Å². The summed E-state index contributed by atoms with van der Waals surface area (Å²) in [5.74, 6) is -1.01. The van der Waals surface area contributed by atoms with Crippen LogP contribution in [0.2, 0.25) is 10.0 Å². The Hall–Kier alpha value is -3.34. The standard InChI is InChI=1S/C13H15Cl2N3O2.C11H18O2.C7H5NOS/c14-8-4-9(15)6-10(5-8)17-7-12(19)18-3-1-2-11(18)13(16)20;1-2-3-4-5-6-7-9-8-10(9)11(12)13;9-7-8-5-3-1-2-4-6(5)10-7/h4-6,11,17H,1-3,7H2,(H2,16,20);6-7,9-10H,2-5,8H2,1H3,(H,12,13);1-4H,(H,8,9)/b;7-6-;. The van der Waals surface area contributed by atoms with E-state index in [1.54, 1.807) is 18.2 Å². The maximum atomic E-state index is 12.1. The van der Waals surface area contributed by atoms with Crippen molar-refractivity contribution in [3.8, 4) is 0 Å². The van der Waals surface area contributed by atoms with Gasteiger partial charge in [-0.3, -0.25) is 19.2 Å². The van der Waals surface area contributed by atoms with Crippen molar-refractivity contribution in [1.29, 1.82) is 0 Å². The molecule has 2 aliphatic rings. The van der Waals surface area contributed by atoms with Crippen LogP contribution in [0.25, 0.3) is 10.2 Å². The third-order valence-electron chi connectivity index (χ3n) is 7.05. The Bertz CT molecular complexity index is 1420. The summed E-state index contributed by atoms with van der Waals surface area (Å²) in [7, 11) is 0. The summed E-state index contributed by atoms with van der Waals surface area (Å²) in [6, 6.07) is 12.1. The van der Waals surface area contributed by atoms with Crippen LogP contribution in [0.15, 0.2) is 59.4 Å². The van der Waals surface area contributed by atoms with Crippen LogP contribution in [0.3, 0.4) is 0 Å². The lowest BCUT2D eigenvalue weighted by Gasteiger charge is -2.22. The van der Waals surface area contributed by atoms with Crippen LogP contribution in [-0.2, 0) is 14.4 Å². The number of nitrogens with zero attached hydrogens (tertiary/aromatic N) is 1. The number of carbonyl (C=O) groups excluding carboxylic acids is 2. The number of aromatic amines is 1. The van der Waals surface area contributed by atoms with E-state index in [9.17, 15) is 19.2 Å². The highest BCUT2D eigenvalue weighted by molar-refractivity contribution is 7.16. The van der Waals surface area contributed by atoms with Crippen molar-refractivity contribution in [1.82, 2.24) is 9.88 Å². The second-order valence-corrected chi connectivity index (χ2v) is 12.3. The van der Waals surface area contributed by atoms with E-state index >= 15 is 0 Å². The van der Waals surface area contributed by atoms with Crippen LogP contribution in [0, 0.1) is 11.8 Å². The zero-order valence-corrected chi connectivity index (χ0v) is 26.4. The first kappa shape index (κ1) is 34.2. The smallest absolute Gasteiger partial charge is 0.307 e. The Morgan fingerprint density at radius 2 is 1.88 bits per heavy atom. The van der Waals surface area contributed by atoms with Gasteiger partial charge in [-0.1, -0.05) is 78.6 Å². The third-order valence-corrected chi connectivity index (χ3v) is 8.35. The molecule has 2 amide bonds. The lowest BCUT2D eigenvalue weighted by Crippen LogP contribution is -2.45. The summed E-state index contributed by atoms with van der Waals surface area (Å²) in [6.07, 6.45) is 11.4. The summed E-state index contributed by atoms with van der Waals surface area (Å²) >= 11 is 13.0. The first-order valence-corrected chi connectivity index (χ1v) is 15.9. The minimum Gasteiger partial charge on any atom is -0.481 e. The number of hydrogen-bond donors (Lipinski definition) is 4. The van der Waals surface area contributed by atoms with Crippen molar-refractivity contribution in [2.24, 2.45) is 17.6 Å². The van der Waals surface area contributed by atoms with Crippen LogP contribution in [0.5, 0.6) is 0 Å². The Balaban J connectivity index is 0.000000189. The molecule has 3 atom stereocenters. The van der Waals surface area contributed by atoms with Crippen LogP contribution >= 0.6 is 34.5 Å². The fourth-order valence-electron chi connectivity index (χ4n) is 4.68. The fraction of sp³-hybridized carbons (Fsp3) is 0.419. The van der Waals surface area contributed by atoms with Gasteiger partial charge in [-0.2, -0.15) is 0 Å². The minimum atomic E-state index is -0.636. The molecular formula is C31H38Cl2N4O5S. The molecule has 1 saturated carbocycles. The van der Waals surface area contributed by atoms with E-state index in [0.717, 1.165) is 29.5 Å². The maximum absolute atomic E-state index is 12.1. The van der Waals surface area contributed by atoms with E-state index in [0.29, 0.717) is 34.6 Å². The Labute approximate surface area is 265 Å². The number of carboxylic acid groups (broad SMARTS) is 1. The number of para-hydroxylation sites is 1. The lowest BCUT2D eigenvalue weighted by molar-refractivity contribution is -0.138. The van der Waals surface area contributed by atoms with Crippen LogP contribution in [-0.4, -0.2) is 51.9 Å². The number of likely N-dealkylation sites (tertiary alicyclic amines) is 1. The number of H-pyrrole nitrogens is 1. The molecule has 12 heteroatoms. The van der Waals surface area contributed by atoms with E-state index < -0.39 is 17.9 Å². The number of carboxylic acids is 1. The number of allylic oxidation sites excluding steroid dienone is 2. The summed E-state index contributed by atoms with van der Waals surface area (Å²) in [6.45, 7) is 2.82. The molecule has 43 heavy (non-hydrogen) atoms. The first-order valence-electron chi connectivity index (χ1n) is 14.3. The molecule has 2 aromatic carbocycles. The number of halogens is 2. The minimum absolute atomic E-state index is 0.0150. The number of aliphatic carboxylic acids is 1. The first-order chi connectivity index (χ1) is 20.6. The van der Waals surface area contributed by atoms with Crippen molar-refractivity contribution in [2.75, 3.05) is 18.4 Å². The number of fused-ring (bicyclic) bond motifs is 1. The second kappa shape index (κ2) is 17.1. The van der Waals surface area contributed by atoms with Crippen molar-refractivity contribution < 1.29 is 19.5 Å². The third kappa shape index (κ3) is 11.3. The van der Waals surface area contributed by atoms with Crippen LogP contribution in [0.1, 0.15) is 51.9 Å². The van der Waals surface area contributed by atoms with Gasteiger partial charge in [-0.05, 0) is 68.4 Å². The number of carbonyl (C=O) groups is 3. The van der Waals surface area contributed by atoms with Gasteiger partial charge >= 0.3 is 10.8 Å². The van der Waals surface area contributed by atoms with Crippen molar-refractivity contribution in [3.05, 3.63) is 74.3 Å². The number of nitrogens with two attached hydrogens (primary N) is 1. The molecule has 1 aliphatic carbocycles. The summed E-state index contributed by atoms with van der Waals surface area (Å²) in [5, 5.41) is 12.6. The van der Waals surface area contributed by atoms with E-state index in [1.165, 1.54) is 35.5 Å². The normalized spacial score (nSPS) is 18.9.